The summed E-state index contributed by atoms with van der Waals surface area (Å²) < 4.78 is 57.8. The summed E-state index contributed by atoms with van der Waals surface area (Å²) in [6.45, 7) is 4.37. The van der Waals surface area contributed by atoms with Crippen molar-refractivity contribution in [2.24, 2.45) is 0 Å². The maximum absolute atomic E-state index is 13.8. The first-order chi connectivity index (χ1) is 15.8. The van der Waals surface area contributed by atoms with Gasteiger partial charge in [0, 0.05) is 18.7 Å². The third kappa shape index (κ3) is 7.14. The zero-order chi connectivity index (χ0) is 25.6. The van der Waals surface area contributed by atoms with Crippen LogP contribution in [0.5, 0.6) is 5.75 Å². The lowest BCUT2D eigenvalue weighted by Gasteiger charge is -2.32. The fourth-order valence-corrected chi connectivity index (χ4v) is 4.01. The minimum atomic E-state index is -4.04. The Balaban J connectivity index is 2.40. The summed E-state index contributed by atoms with van der Waals surface area (Å²) in [6.07, 6.45) is 0.851. The quantitative estimate of drug-likeness (QED) is 0.545. The summed E-state index contributed by atoms with van der Waals surface area (Å²) in [6, 6.07) is 8.25. The summed E-state index contributed by atoms with van der Waals surface area (Å²) in [5.41, 5.74) is 0.468. The van der Waals surface area contributed by atoms with E-state index in [1.54, 1.807) is 38.1 Å². The Morgan fingerprint density at radius 1 is 1.03 bits per heavy atom. The molecule has 2 aromatic carbocycles. The lowest BCUT2D eigenvalue weighted by atomic mass is 10.1. The third-order valence-corrected chi connectivity index (χ3v) is 6.12. The zero-order valence-corrected chi connectivity index (χ0v) is 20.5. The molecule has 0 saturated heterocycles. The minimum Gasteiger partial charge on any atom is -0.497 e. The van der Waals surface area contributed by atoms with Crippen molar-refractivity contribution in [1.82, 2.24) is 10.2 Å². The van der Waals surface area contributed by atoms with E-state index in [4.69, 9.17) is 4.74 Å². The van der Waals surface area contributed by atoms with Crippen LogP contribution in [0.4, 0.5) is 14.5 Å². The summed E-state index contributed by atoms with van der Waals surface area (Å²) in [4.78, 5) is 27.2. The first-order valence-electron chi connectivity index (χ1n) is 10.5. The molecule has 8 nitrogen and oxygen atoms in total. The fourth-order valence-electron chi connectivity index (χ4n) is 3.17. The number of carbonyl (C=O) groups is 2. The lowest BCUT2D eigenvalue weighted by molar-refractivity contribution is -0.139. The van der Waals surface area contributed by atoms with Gasteiger partial charge in [-0.05, 0) is 50.6 Å². The van der Waals surface area contributed by atoms with Crippen molar-refractivity contribution < 1.29 is 31.5 Å². The minimum absolute atomic E-state index is 0.00485. The highest BCUT2D eigenvalue weighted by atomic mass is 32.2. The SMILES string of the molecule is COc1ccc(CN(C(=O)CN(c2ccc(F)c(F)c2)S(C)(=O)=O)C(C)C(=O)NC(C)C)cc1. The molecule has 1 unspecified atom stereocenters. The molecule has 0 spiro atoms. The predicted molar refractivity (Wildman–Crippen MR) is 125 cm³/mol. The van der Waals surface area contributed by atoms with Gasteiger partial charge >= 0.3 is 0 Å². The molecule has 0 aromatic heterocycles. The predicted octanol–water partition coefficient (Wildman–Crippen LogP) is 2.68. The van der Waals surface area contributed by atoms with Gasteiger partial charge in [-0.2, -0.15) is 0 Å². The number of hydrogen-bond donors (Lipinski definition) is 1. The smallest absolute Gasteiger partial charge is 0.244 e. The van der Waals surface area contributed by atoms with Gasteiger partial charge in [-0.15, -0.1) is 0 Å². The Morgan fingerprint density at radius 3 is 2.15 bits per heavy atom. The zero-order valence-electron chi connectivity index (χ0n) is 19.7. The Kier molecular flexibility index (Phi) is 8.97. The van der Waals surface area contributed by atoms with Crippen LogP contribution >= 0.6 is 0 Å². The molecule has 0 fully saturated rings. The summed E-state index contributed by atoms with van der Waals surface area (Å²) >= 11 is 0. The van der Waals surface area contributed by atoms with Crippen molar-refractivity contribution in [3.05, 3.63) is 59.7 Å². The molecule has 0 radical (unpaired) electrons. The molecule has 1 N–H and O–H groups in total. The van der Waals surface area contributed by atoms with Gasteiger partial charge in [0.2, 0.25) is 21.8 Å². The Hall–Kier alpha value is -3.21. The molecule has 0 heterocycles. The van der Waals surface area contributed by atoms with Crippen LogP contribution in [-0.4, -0.2) is 57.1 Å². The van der Waals surface area contributed by atoms with E-state index in [1.807, 2.05) is 0 Å². The van der Waals surface area contributed by atoms with Gasteiger partial charge in [0.1, 0.15) is 18.3 Å². The van der Waals surface area contributed by atoms with Gasteiger partial charge in [-0.3, -0.25) is 13.9 Å². The van der Waals surface area contributed by atoms with Crippen molar-refractivity contribution in [3.63, 3.8) is 0 Å². The standard InChI is InChI=1S/C23H29F2N3O5S/c1-15(2)26-23(30)16(3)27(13-17-6-9-19(33-4)10-7-17)22(29)14-28(34(5,31)32)18-8-11-20(24)21(25)12-18/h6-12,15-16H,13-14H2,1-5H3,(H,26,30). The van der Waals surface area contributed by atoms with E-state index in [9.17, 15) is 26.8 Å². The van der Waals surface area contributed by atoms with Crippen LogP contribution in [0, 0.1) is 11.6 Å². The highest BCUT2D eigenvalue weighted by Crippen LogP contribution is 2.22. The van der Waals surface area contributed by atoms with Crippen LogP contribution in [0.1, 0.15) is 26.3 Å². The van der Waals surface area contributed by atoms with Crippen LogP contribution < -0.4 is 14.4 Å². The van der Waals surface area contributed by atoms with Crippen molar-refractivity contribution in [3.8, 4) is 5.75 Å². The molecule has 2 rings (SSSR count). The molecule has 1 atom stereocenters. The molecule has 11 heteroatoms. The van der Waals surface area contributed by atoms with E-state index in [2.05, 4.69) is 5.32 Å². The molecule has 186 valence electrons. The van der Waals surface area contributed by atoms with Crippen LogP contribution in [0.2, 0.25) is 0 Å². The Morgan fingerprint density at radius 2 is 1.65 bits per heavy atom. The number of amides is 2. The second-order valence-corrected chi connectivity index (χ2v) is 9.98. The molecule has 2 aromatic rings. The van der Waals surface area contributed by atoms with E-state index < -0.39 is 46.1 Å². The van der Waals surface area contributed by atoms with E-state index in [1.165, 1.54) is 18.9 Å². The molecule has 2 amide bonds. The number of nitrogens with one attached hydrogen (secondary N) is 1. The fraction of sp³-hybridized carbons (Fsp3) is 0.391. The van der Waals surface area contributed by atoms with Crippen molar-refractivity contribution in [2.75, 3.05) is 24.2 Å². The van der Waals surface area contributed by atoms with Gasteiger partial charge in [-0.1, -0.05) is 12.1 Å². The number of sulfonamides is 1. The molecule has 0 aliphatic rings. The first-order valence-corrected chi connectivity index (χ1v) is 12.3. The lowest BCUT2D eigenvalue weighted by Crippen LogP contribution is -2.52. The summed E-state index contributed by atoms with van der Waals surface area (Å²) in [7, 11) is -2.53. The molecular weight excluding hydrogens is 468 g/mol. The van der Waals surface area contributed by atoms with Gasteiger partial charge in [0.25, 0.3) is 0 Å². The summed E-state index contributed by atoms with van der Waals surface area (Å²) in [5.74, 6) is -2.91. The number of rotatable bonds is 10. The molecule has 0 saturated carbocycles. The highest BCUT2D eigenvalue weighted by Gasteiger charge is 2.30. The second kappa shape index (κ2) is 11.3. The Labute approximate surface area is 198 Å². The Bertz CT molecular complexity index is 1120. The van der Waals surface area contributed by atoms with Crippen molar-refractivity contribution >= 4 is 27.5 Å². The molecule has 0 bridgehead atoms. The monoisotopic (exact) mass is 497 g/mol. The molecule has 0 aliphatic heterocycles. The topological polar surface area (TPSA) is 96.0 Å². The number of carbonyl (C=O) groups excluding carboxylic acids is 2. The number of nitrogens with zero attached hydrogens (tertiary/aromatic N) is 2. The molecule has 34 heavy (non-hydrogen) atoms. The number of ether oxygens (including phenoxy) is 1. The van der Waals surface area contributed by atoms with E-state index >= 15 is 0 Å². The largest absolute Gasteiger partial charge is 0.497 e. The van der Waals surface area contributed by atoms with Crippen LogP contribution in [0.15, 0.2) is 42.5 Å². The number of methoxy groups -OCH3 is 1. The van der Waals surface area contributed by atoms with E-state index in [-0.39, 0.29) is 18.3 Å². The van der Waals surface area contributed by atoms with Crippen LogP contribution in [0.25, 0.3) is 0 Å². The average Bonchev–Trinajstić information content (AvgIpc) is 2.76. The number of halogens is 2. The van der Waals surface area contributed by atoms with Crippen molar-refractivity contribution in [1.29, 1.82) is 0 Å². The molecular formula is C23H29F2N3O5S. The van der Waals surface area contributed by atoms with Crippen LogP contribution in [-0.2, 0) is 26.2 Å². The third-order valence-electron chi connectivity index (χ3n) is 4.98. The number of hydrogen-bond acceptors (Lipinski definition) is 5. The number of benzene rings is 2. The molecule has 0 aliphatic carbocycles. The van der Waals surface area contributed by atoms with Gasteiger partial charge in [-0.25, -0.2) is 17.2 Å². The maximum atomic E-state index is 13.8. The average molecular weight is 498 g/mol. The maximum Gasteiger partial charge on any atom is 0.244 e. The van der Waals surface area contributed by atoms with Crippen LogP contribution in [0.3, 0.4) is 0 Å². The van der Waals surface area contributed by atoms with Crippen molar-refractivity contribution in [2.45, 2.75) is 39.4 Å². The van der Waals surface area contributed by atoms with Gasteiger partial charge < -0.3 is 15.0 Å². The van der Waals surface area contributed by atoms with E-state index in [0.717, 1.165) is 18.4 Å². The summed E-state index contributed by atoms with van der Waals surface area (Å²) in [5, 5.41) is 2.73. The number of anilines is 1. The second-order valence-electron chi connectivity index (χ2n) is 8.08. The van der Waals surface area contributed by atoms with Gasteiger partial charge in [0.05, 0.1) is 19.1 Å². The van der Waals surface area contributed by atoms with E-state index in [0.29, 0.717) is 21.7 Å². The first kappa shape index (κ1) is 27.0. The van der Waals surface area contributed by atoms with Gasteiger partial charge in [0.15, 0.2) is 11.6 Å². The normalized spacial score (nSPS) is 12.2. The highest BCUT2D eigenvalue weighted by molar-refractivity contribution is 7.92.